The van der Waals surface area contributed by atoms with E-state index in [1.807, 2.05) is 0 Å². The lowest BCUT2D eigenvalue weighted by molar-refractivity contribution is 0.00578. The Morgan fingerprint density at radius 1 is 0.242 bits per heavy atom. The molecule has 14 rings (SSSR count). The Hall–Kier alpha value is -10.4. The van der Waals surface area contributed by atoms with Gasteiger partial charge in [0.25, 0.3) is 0 Å². The lowest BCUT2D eigenvalue weighted by atomic mass is 9.78. The van der Waals surface area contributed by atoms with Gasteiger partial charge in [-0.2, -0.15) is 0 Å². The van der Waals surface area contributed by atoms with Gasteiger partial charge in [0.2, 0.25) is 0 Å². The Labute approximate surface area is 586 Å². The molecule has 13 aromatic rings. The molecule has 4 heterocycles. The lowest BCUT2D eigenvalue weighted by Gasteiger charge is -2.32. The summed E-state index contributed by atoms with van der Waals surface area (Å²) >= 11 is 0. The Morgan fingerprint density at radius 2 is 0.525 bits per heavy atom. The van der Waals surface area contributed by atoms with Crippen LogP contribution in [0, 0.1) is 0 Å². The van der Waals surface area contributed by atoms with Crippen LogP contribution in [0.5, 0.6) is 0 Å². The van der Waals surface area contributed by atoms with Crippen molar-refractivity contribution in [3.63, 3.8) is 0 Å². The van der Waals surface area contributed by atoms with Gasteiger partial charge in [0.15, 0.2) is 0 Å². The average molecular weight is 1290 g/mol. The van der Waals surface area contributed by atoms with Crippen LogP contribution in [0.2, 0.25) is 0 Å². The molecule has 5 nitrogen and oxygen atoms in total. The van der Waals surface area contributed by atoms with E-state index in [9.17, 15) is 0 Å². The van der Waals surface area contributed by atoms with Crippen LogP contribution >= 0.6 is 0 Å². The predicted octanol–water partition coefficient (Wildman–Crippen LogP) is 24.1. The average Bonchev–Trinajstić information content (AvgIpc) is 1.32. The highest BCUT2D eigenvalue weighted by molar-refractivity contribution is 6.62. The number of nitrogens with zero attached hydrogens (tertiary/aromatic N) is 3. The number of benzene rings is 10. The highest BCUT2D eigenvalue weighted by atomic mass is 16.7. The van der Waals surface area contributed by atoms with Crippen molar-refractivity contribution in [2.75, 3.05) is 0 Å². The van der Waals surface area contributed by atoms with Gasteiger partial charge in [0.1, 0.15) is 0 Å². The zero-order valence-corrected chi connectivity index (χ0v) is 59.4. The zero-order valence-electron chi connectivity index (χ0n) is 59.4. The highest BCUT2D eigenvalue weighted by Crippen LogP contribution is 2.49. The summed E-state index contributed by atoms with van der Waals surface area (Å²) in [6.07, 6.45) is 6.33. The van der Waals surface area contributed by atoms with Crippen LogP contribution in [0.4, 0.5) is 0 Å². The summed E-state index contributed by atoms with van der Waals surface area (Å²) in [5.41, 5.74) is 28.4. The van der Waals surface area contributed by atoms with Gasteiger partial charge in [-0.3, -0.25) is 15.0 Å². The summed E-state index contributed by atoms with van der Waals surface area (Å²) in [5, 5.41) is 0. The van der Waals surface area contributed by atoms with Gasteiger partial charge in [-0.05, 0) is 210 Å². The zero-order chi connectivity index (χ0) is 69.0. The molecule has 1 saturated heterocycles. The molecule has 0 saturated carbocycles. The molecule has 488 valence electrons. The summed E-state index contributed by atoms with van der Waals surface area (Å²) in [7, 11) is -0.517. The molecule has 0 unspecified atom stereocenters. The van der Waals surface area contributed by atoms with Gasteiger partial charge >= 0.3 is 7.12 Å². The lowest BCUT2D eigenvalue weighted by Crippen LogP contribution is -2.41. The topological polar surface area (TPSA) is 57.1 Å². The number of hydrogen-bond acceptors (Lipinski definition) is 5. The Morgan fingerprint density at radius 3 is 0.828 bits per heavy atom. The van der Waals surface area contributed by atoms with Gasteiger partial charge in [0, 0.05) is 46.4 Å². The first-order valence-electron chi connectivity index (χ1n) is 34.8. The summed E-state index contributed by atoms with van der Waals surface area (Å²) in [6.45, 7) is 29.1. The molecule has 0 spiro atoms. The maximum Gasteiger partial charge on any atom is 0.494 e. The molecule has 0 N–H and O–H groups in total. The van der Waals surface area contributed by atoms with Crippen LogP contribution in [-0.4, -0.2) is 33.3 Å². The fraction of sp³-hybridized carbons (Fsp3) is 0.194. The maximum atomic E-state index is 6.61. The smallest absolute Gasteiger partial charge is 0.399 e. The van der Waals surface area contributed by atoms with Crippen molar-refractivity contribution in [1.29, 1.82) is 0 Å². The van der Waals surface area contributed by atoms with E-state index in [4.69, 9.17) is 24.3 Å². The van der Waals surface area contributed by atoms with Gasteiger partial charge in [-0.25, -0.2) is 0 Å². The Bertz CT molecular complexity index is 4900. The van der Waals surface area contributed by atoms with Gasteiger partial charge in [-0.1, -0.05) is 275 Å². The second-order valence-electron chi connectivity index (χ2n) is 30.7. The van der Waals surface area contributed by atoms with Crippen LogP contribution in [-0.2, 0) is 25.6 Å². The molecule has 0 atom stereocenters. The summed E-state index contributed by atoms with van der Waals surface area (Å²) < 4.78 is 13.2. The second-order valence-corrected chi connectivity index (χ2v) is 30.7. The molecule has 1 aliphatic heterocycles. The van der Waals surface area contributed by atoms with Crippen molar-refractivity contribution < 1.29 is 9.31 Å². The first kappa shape index (κ1) is 65.9. The molecular weight excluding hydrogens is 1200 g/mol. The molecule has 1 aliphatic rings. The minimum Gasteiger partial charge on any atom is -0.399 e. The van der Waals surface area contributed by atoms with Crippen molar-refractivity contribution in [3.05, 3.63) is 302 Å². The van der Waals surface area contributed by atoms with Gasteiger partial charge in [0.05, 0.1) is 28.3 Å². The first-order chi connectivity index (χ1) is 47.4. The van der Waals surface area contributed by atoms with E-state index in [-0.39, 0.29) is 16.2 Å². The standard InChI is InChI=1S/C93H86BN3O2/c1-89(2,3)70-42-45-74(80(52-70)83-58-95-86(64-36-25-17-26-37-64)55-77(83)61-30-19-14-20-31-61)67-48-68(75-46-43-71(90(4,5)6)53-81(75)84-59-96-87(65-38-27-18-28-39-65)56-78(84)62-32-21-15-22-33-62)50-69(49-67)76-47-44-72(91(7,8)9)54-82(76)85-60-97-88(57-79(85)63-34-23-16-24-35-63)66-40-29-41-73(51-66)94-98-92(10,11)93(12,13)99-94/h14-60H,1-13H3. The third-order valence-corrected chi connectivity index (χ3v) is 20.2. The van der Waals surface area contributed by atoms with Crippen LogP contribution in [0.3, 0.4) is 0 Å². The van der Waals surface area contributed by atoms with E-state index in [0.29, 0.717) is 0 Å². The molecule has 3 aromatic heterocycles. The number of pyridine rings is 3. The van der Waals surface area contributed by atoms with E-state index in [0.717, 1.165) is 139 Å². The second kappa shape index (κ2) is 26.1. The summed E-state index contributed by atoms with van der Waals surface area (Å²) in [4.78, 5) is 16.1. The largest absolute Gasteiger partial charge is 0.494 e. The number of aromatic nitrogens is 3. The maximum absolute atomic E-state index is 6.61. The Kier molecular flexibility index (Phi) is 17.4. The molecule has 0 amide bonds. The van der Waals surface area contributed by atoms with Crippen molar-refractivity contribution in [2.45, 2.75) is 117 Å². The molecule has 0 aliphatic carbocycles. The summed E-state index contributed by atoms with van der Waals surface area (Å²) in [5.74, 6) is 0. The minimum atomic E-state index is -0.517. The van der Waals surface area contributed by atoms with E-state index >= 15 is 0 Å². The third kappa shape index (κ3) is 13.4. The van der Waals surface area contributed by atoms with Gasteiger partial charge < -0.3 is 9.31 Å². The fourth-order valence-electron chi connectivity index (χ4n) is 13.6. The first-order valence-corrected chi connectivity index (χ1v) is 34.8. The molecule has 1 fully saturated rings. The van der Waals surface area contributed by atoms with Crippen molar-refractivity contribution in [1.82, 2.24) is 15.0 Å². The predicted molar refractivity (Wildman–Crippen MR) is 417 cm³/mol. The quantitative estimate of drug-likeness (QED) is 0.108. The van der Waals surface area contributed by atoms with E-state index < -0.39 is 18.3 Å². The summed E-state index contributed by atoms with van der Waals surface area (Å²) in [6, 6.07) is 97.5. The van der Waals surface area contributed by atoms with Crippen LogP contribution in [0.1, 0.15) is 107 Å². The molecule has 0 bridgehead atoms. The van der Waals surface area contributed by atoms with Crippen molar-refractivity contribution in [2.24, 2.45) is 0 Å². The van der Waals surface area contributed by atoms with E-state index in [2.05, 4.69) is 376 Å². The molecule has 99 heavy (non-hydrogen) atoms. The molecular formula is C93H86BN3O2. The van der Waals surface area contributed by atoms with Gasteiger partial charge in [-0.15, -0.1) is 0 Å². The fourth-order valence-corrected chi connectivity index (χ4v) is 13.6. The monoisotopic (exact) mass is 1290 g/mol. The SMILES string of the molecule is CC(C)(C)c1ccc(-c2cc(-c3ccc(C(C)(C)C)cc3-c3cnc(-c4ccccc4)cc3-c3ccccc3)cc(-c3ccc(C(C)(C)C)cc3-c3cnc(-c4cccc(B5OC(C)(C)C(C)(C)O5)c4)cc3-c3ccccc3)c2)c(-c2cnc(-c3ccccc3)cc2-c2ccccc2)c1. The van der Waals surface area contributed by atoms with E-state index in [1.165, 1.54) is 16.7 Å². The van der Waals surface area contributed by atoms with Crippen LogP contribution < -0.4 is 5.46 Å². The molecule has 0 radical (unpaired) electrons. The normalized spacial score (nSPS) is 13.8. The minimum absolute atomic E-state index is 0.172. The molecule has 6 heteroatoms. The number of rotatable bonds is 13. The Balaban J connectivity index is 1.05. The van der Waals surface area contributed by atoms with Crippen LogP contribution in [0.25, 0.3) is 134 Å². The van der Waals surface area contributed by atoms with Crippen molar-refractivity contribution >= 4 is 12.6 Å². The highest BCUT2D eigenvalue weighted by Gasteiger charge is 2.51. The van der Waals surface area contributed by atoms with E-state index in [1.54, 1.807) is 0 Å². The molecule has 10 aromatic carbocycles. The third-order valence-electron chi connectivity index (χ3n) is 20.2. The number of hydrogen-bond donors (Lipinski definition) is 0. The van der Waals surface area contributed by atoms with Crippen molar-refractivity contribution in [3.8, 4) is 134 Å². The van der Waals surface area contributed by atoms with Crippen LogP contribution in [0.15, 0.2) is 286 Å².